The van der Waals surface area contributed by atoms with Crippen LogP contribution < -0.4 is 14.4 Å². The fourth-order valence-corrected chi connectivity index (χ4v) is 6.53. The maximum atomic E-state index is 13.9. The number of hydrogen-bond donors (Lipinski definition) is 1. The summed E-state index contributed by atoms with van der Waals surface area (Å²) in [7, 11) is 1.67. The minimum Gasteiger partial charge on any atom is -0.496 e. The third-order valence-electron chi connectivity index (χ3n) is 8.65. The Morgan fingerprint density at radius 1 is 1.14 bits per heavy atom. The molecular formula is C34H41N3O5. The summed E-state index contributed by atoms with van der Waals surface area (Å²) < 4.78 is 11.3. The number of carbonyl (C=O) groups is 2. The molecule has 8 nitrogen and oxygen atoms in total. The Kier molecular flexibility index (Phi) is 9.74. The van der Waals surface area contributed by atoms with Crippen LogP contribution in [0.3, 0.4) is 0 Å². The van der Waals surface area contributed by atoms with E-state index in [0.717, 1.165) is 66.0 Å². The first-order chi connectivity index (χ1) is 20.5. The number of pyridine rings is 1. The summed E-state index contributed by atoms with van der Waals surface area (Å²) >= 11 is 0. The van der Waals surface area contributed by atoms with Gasteiger partial charge in [0.25, 0.3) is 0 Å². The van der Waals surface area contributed by atoms with Crippen LogP contribution in [0.4, 0.5) is 5.69 Å². The normalized spacial score (nSPS) is 19.7. The van der Waals surface area contributed by atoms with E-state index in [0.29, 0.717) is 26.1 Å². The second-order valence-electron chi connectivity index (χ2n) is 11.2. The van der Waals surface area contributed by atoms with Crippen molar-refractivity contribution in [2.24, 2.45) is 5.92 Å². The van der Waals surface area contributed by atoms with Gasteiger partial charge in [-0.3, -0.25) is 19.5 Å². The highest BCUT2D eigenvalue weighted by Gasteiger charge is 2.47. The number of rotatable bonds is 13. The average molecular weight is 572 g/mol. The molecule has 222 valence electrons. The van der Waals surface area contributed by atoms with Gasteiger partial charge in [-0.15, -0.1) is 0 Å². The van der Waals surface area contributed by atoms with Gasteiger partial charge in [-0.2, -0.15) is 0 Å². The zero-order valence-corrected chi connectivity index (χ0v) is 24.6. The minimum absolute atomic E-state index is 0.0293. The number of nitrogens with zero attached hydrogens (tertiary/aromatic N) is 3. The first-order valence-corrected chi connectivity index (χ1v) is 15.0. The van der Waals surface area contributed by atoms with Crippen molar-refractivity contribution in [3.63, 3.8) is 0 Å². The van der Waals surface area contributed by atoms with Crippen molar-refractivity contribution < 1.29 is 24.2 Å². The first-order valence-electron chi connectivity index (χ1n) is 15.0. The molecule has 3 unspecified atom stereocenters. The van der Waals surface area contributed by atoms with Gasteiger partial charge in [0.1, 0.15) is 11.5 Å². The molecule has 0 radical (unpaired) electrons. The number of likely N-dealkylation sites (tertiary alicyclic amines) is 1. The summed E-state index contributed by atoms with van der Waals surface area (Å²) in [6, 6.07) is 17.5. The third-order valence-corrected chi connectivity index (χ3v) is 8.65. The lowest BCUT2D eigenvalue weighted by atomic mass is 9.83. The molecule has 1 saturated heterocycles. The van der Waals surface area contributed by atoms with E-state index in [1.165, 1.54) is 0 Å². The predicted molar refractivity (Wildman–Crippen MR) is 162 cm³/mol. The zero-order chi connectivity index (χ0) is 29.5. The molecule has 1 N–H and O–H groups in total. The number of fused-ring (bicyclic) bond motifs is 1. The highest BCUT2D eigenvalue weighted by Crippen LogP contribution is 2.41. The molecule has 2 aromatic carbocycles. The van der Waals surface area contributed by atoms with Crippen molar-refractivity contribution in [1.82, 2.24) is 9.88 Å². The van der Waals surface area contributed by atoms with E-state index in [4.69, 9.17) is 9.47 Å². The molecule has 0 spiro atoms. The number of methoxy groups -OCH3 is 1. The lowest BCUT2D eigenvalue weighted by Crippen LogP contribution is -2.44. The van der Waals surface area contributed by atoms with Crippen LogP contribution in [0.2, 0.25) is 0 Å². The van der Waals surface area contributed by atoms with Gasteiger partial charge in [-0.25, -0.2) is 0 Å². The number of para-hydroxylation sites is 1. The highest BCUT2D eigenvalue weighted by molar-refractivity contribution is 5.94. The summed E-state index contributed by atoms with van der Waals surface area (Å²) in [5.74, 6) is 0.0275. The van der Waals surface area contributed by atoms with Crippen molar-refractivity contribution in [3.8, 4) is 11.5 Å². The second-order valence-corrected chi connectivity index (χ2v) is 11.2. The smallest absolute Gasteiger partial charge is 0.308 e. The molecular weight excluding hydrogens is 530 g/mol. The Morgan fingerprint density at radius 2 is 2.00 bits per heavy atom. The number of hydrogen-bond acceptors (Lipinski definition) is 6. The Labute approximate surface area is 248 Å². The van der Waals surface area contributed by atoms with Crippen LogP contribution in [0.15, 0.2) is 67.0 Å². The number of benzene rings is 2. The molecule has 0 saturated carbocycles. The summed E-state index contributed by atoms with van der Waals surface area (Å²) in [6.45, 7) is 4.03. The van der Waals surface area contributed by atoms with Crippen LogP contribution in [0.1, 0.15) is 55.2 Å². The number of aromatic nitrogens is 1. The molecule has 0 bridgehead atoms. The van der Waals surface area contributed by atoms with E-state index in [1.807, 2.05) is 42.5 Å². The van der Waals surface area contributed by atoms with Gasteiger partial charge >= 0.3 is 5.97 Å². The van der Waals surface area contributed by atoms with Gasteiger partial charge < -0.3 is 19.5 Å². The minimum atomic E-state index is -0.816. The van der Waals surface area contributed by atoms with E-state index in [9.17, 15) is 14.7 Å². The maximum absolute atomic E-state index is 13.9. The average Bonchev–Trinajstić information content (AvgIpc) is 3.62. The number of carbonyl (C=O) groups excluding carboxylic acids is 1. The van der Waals surface area contributed by atoms with E-state index in [2.05, 4.69) is 28.9 Å². The van der Waals surface area contributed by atoms with E-state index in [-0.39, 0.29) is 24.4 Å². The first kappa shape index (κ1) is 29.6. The highest BCUT2D eigenvalue weighted by atomic mass is 16.5. The number of aliphatic carboxylic acids is 1. The Morgan fingerprint density at radius 3 is 2.76 bits per heavy atom. The molecule has 1 aromatic heterocycles. The Balaban J connectivity index is 1.41. The zero-order valence-electron chi connectivity index (χ0n) is 24.6. The molecule has 8 heteroatoms. The van der Waals surface area contributed by atoms with Crippen LogP contribution in [0.25, 0.3) is 0 Å². The molecule has 1 amide bonds. The molecule has 3 aromatic rings. The summed E-state index contributed by atoms with van der Waals surface area (Å²) in [5.41, 5.74) is 4.01. The number of amides is 1. The van der Waals surface area contributed by atoms with Crippen LogP contribution in [-0.4, -0.2) is 66.3 Å². The van der Waals surface area contributed by atoms with E-state index in [1.54, 1.807) is 24.4 Å². The van der Waals surface area contributed by atoms with Gasteiger partial charge in [0.2, 0.25) is 5.91 Å². The largest absolute Gasteiger partial charge is 0.496 e. The van der Waals surface area contributed by atoms with Crippen LogP contribution >= 0.6 is 0 Å². The van der Waals surface area contributed by atoms with Crippen molar-refractivity contribution in [2.45, 2.75) is 57.4 Å². The fraction of sp³-hybridized carbons (Fsp3) is 0.441. The lowest BCUT2D eigenvalue weighted by molar-refractivity contribution is -0.143. The van der Waals surface area contributed by atoms with Gasteiger partial charge in [-0.1, -0.05) is 43.7 Å². The number of carboxylic acid groups (broad SMARTS) is 1. The second kappa shape index (κ2) is 13.8. The standard InChI is InChI=1S/C34H41N3O5/c1-3-4-18-37(27-11-8-17-35-21-27)32(38)23-36-22-28(25-14-15-31-26(20-25)16-19-42-31)33(34(39)40)29(36)12-7-10-24-9-5-6-13-30(24)41-2/h5-6,8-9,11,13-15,17,20-21,28-29,33H,3-4,7,10,12,16,18-19,22-23H2,1-2H3,(H,39,40). The predicted octanol–water partition coefficient (Wildman–Crippen LogP) is 5.35. The summed E-state index contributed by atoms with van der Waals surface area (Å²) in [4.78, 5) is 35.0. The van der Waals surface area contributed by atoms with Crippen LogP contribution in [0, 0.1) is 5.92 Å². The SMILES string of the molecule is CCCCN(C(=O)CN1CC(c2ccc3c(c2)CCO3)C(C(=O)O)C1CCCc1ccccc1OC)c1cccnc1. The summed E-state index contributed by atoms with van der Waals surface area (Å²) in [5, 5.41) is 10.6. The van der Waals surface area contributed by atoms with Crippen molar-refractivity contribution in [3.05, 3.63) is 83.7 Å². The van der Waals surface area contributed by atoms with Gasteiger partial charge in [0, 0.05) is 37.7 Å². The number of unbranched alkanes of at least 4 members (excludes halogenated alkanes) is 1. The van der Waals surface area contributed by atoms with Crippen molar-refractivity contribution in [1.29, 1.82) is 0 Å². The third kappa shape index (κ3) is 6.59. The summed E-state index contributed by atoms with van der Waals surface area (Å²) in [6.07, 6.45) is 8.31. The number of carboxylic acids is 1. The maximum Gasteiger partial charge on any atom is 0.308 e. The molecule has 42 heavy (non-hydrogen) atoms. The van der Waals surface area contributed by atoms with Crippen LogP contribution in [-0.2, 0) is 22.4 Å². The number of aryl methyl sites for hydroxylation is 1. The Hall–Kier alpha value is -3.91. The van der Waals surface area contributed by atoms with Crippen molar-refractivity contribution >= 4 is 17.6 Å². The lowest BCUT2D eigenvalue weighted by Gasteiger charge is -2.29. The van der Waals surface area contributed by atoms with Gasteiger partial charge in [0.15, 0.2) is 0 Å². The molecule has 3 atom stereocenters. The number of anilines is 1. The topological polar surface area (TPSA) is 92.2 Å². The molecule has 5 rings (SSSR count). The quantitative estimate of drug-likeness (QED) is 0.296. The molecule has 3 heterocycles. The molecule has 0 aliphatic carbocycles. The van der Waals surface area contributed by atoms with Gasteiger partial charge in [-0.05, 0) is 66.6 Å². The van der Waals surface area contributed by atoms with E-state index >= 15 is 0 Å². The van der Waals surface area contributed by atoms with Crippen molar-refractivity contribution in [2.75, 3.05) is 38.3 Å². The molecule has 2 aliphatic heterocycles. The van der Waals surface area contributed by atoms with Gasteiger partial charge in [0.05, 0.1) is 38.1 Å². The van der Waals surface area contributed by atoms with Crippen LogP contribution in [0.5, 0.6) is 11.5 Å². The monoisotopic (exact) mass is 571 g/mol. The fourth-order valence-electron chi connectivity index (χ4n) is 6.53. The van der Waals surface area contributed by atoms with E-state index < -0.39 is 11.9 Å². The molecule has 2 aliphatic rings. The molecule has 1 fully saturated rings. The number of ether oxygens (including phenoxy) is 2. The Bertz CT molecular complexity index is 1360.